The van der Waals surface area contributed by atoms with E-state index in [2.05, 4.69) is 10.3 Å². The molecule has 0 bridgehead atoms. The zero-order valence-electron chi connectivity index (χ0n) is 11.4. The largest absolute Gasteiger partial charge is 0.370 e. The summed E-state index contributed by atoms with van der Waals surface area (Å²) < 4.78 is 5.76. The van der Waals surface area contributed by atoms with Crippen LogP contribution in [0.5, 0.6) is 0 Å². The van der Waals surface area contributed by atoms with Gasteiger partial charge in [-0.25, -0.2) is 4.98 Å². The van der Waals surface area contributed by atoms with Gasteiger partial charge in [-0.1, -0.05) is 19.3 Å². The van der Waals surface area contributed by atoms with E-state index >= 15 is 0 Å². The number of aromatic amines is 1. The molecule has 104 valence electrons. The summed E-state index contributed by atoms with van der Waals surface area (Å²) in [7, 11) is 1.73. The highest BCUT2D eigenvalue weighted by Crippen LogP contribution is 2.38. The van der Waals surface area contributed by atoms with Crippen LogP contribution in [0.25, 0.3) is 0 Å². The van der Waals surface area contributed by atoms with Gasteiger partial charge in [0.1, 0.15) is 11.4 Å². The monoisotopic (exact) mass is 263 g/mol. The van der Waals surface area contributed by atoms with Gasteiger partial charge in [0.15, 0.2) is 0 Å². The quantitative estimate of drug-likeness (QED) is 0.842. The van der Waals surface area contributed by atoms with Gasteiger partial charge in [0.25, 0.3) is 5.56 Å². The first kappa shape index (κ1) is 12.8. The molecule has 0 saturated heterocycles. The van der Waals surface area contributed by atoms with Crippen molar-refractivity contribution < 1.29 is 4.74 Å². The lowest BCUT2D eigenvalue weighted by molar-refractivity contribution is -0.0518. The number of hydrogen-bond acceptors (Lipinski definition) is 4. The van der Waals surface area contributed by atoms with Crippen LogP contribution in [0.1, 0.15) is 49.2 Å². The van der Waals surface area contributed by atoms with Crippen molar-refractivity contribution in [3.63, 3.8) is 0 Å². The highest BCUT2D eigenvalue weighted by Gasteiger charge is 2.37. The fourth-order valence-corrected chi connectivity index (χ4v) is 3.23. The Morgan fingerprint density at radius 3 is 2.79 bits per heavy atom. The topological polar surface area (TPSA) is 67.0 Å². The third-order valence-corrected chi connectivity index (χ3v) is 4.43. The molecule has 2 N–H and O–H groups in total. The molecule has 1 aliphatic carbocycles. The van der Waals surface area contributed by atoms with Gasteiger partial charge >= 0.3 is 0 Å². The minimum atomic E-state index is -0.378. The Morgan fingerprint density at radius 2 is 2.05 bits per heavy atom. The molecule has 1 aromatic rings. The Bertz CT molecular complexity index is 518. The molecule has 0 radical (unpaired) electrons. The molecular weight excluding hydrogens is 242 g/mol. The van der Waals surface area contributed by atoms with E-state index in [1.165, 1.54) is 6.42 Å². The van der Waals surface area contributed by atoms with E-state index in [0.29, 0.717) is 6.54 Å². The van der Waals surface area contributed by atoms with Crippen molar-refractivity contribution in [2.75, 3.05) is 13.7 Å². The molecule has 3 rings (SSSR count). The Morgan fingerprint density at radius 1 is 1.26 bits per heavy atom. The second-order valence-electron chi connectivity index (χ2n) is 5.53. The summed E-state index contributed by atoms with van der Waals surface area (Å²) in [6, 6.07) is 0. The molecule has 2 aliphatic rings. The minimum Gasteiger partial charge on any atom is -0.370 e. The number of nitrogens with zero attached hydrogens (tertiary/aromatic N) is 1. The van der Waals surface area contributed by atoms with Crippen LogP contribution in [0.15, 0.2) is 4.79 Å². The summed E-state index contributed by atoms with van der Waals surface area (Å²) in [5.41, 5.74) is 1.35. The van der Waals surface area contributed by atoms with Crippen molar-refractivity contribution in [3.05, 3.63) is 27.4 Å². The Labute approximate surface area is 112 Å². The van der Waals surface area contributed by atoms with Crippen LogP contribution < -0.4 is 10.9 Å². The second-order valence-corrected chi connectivity index (χ2v) is 5.53. The first-order valence-electron chi connectivity index (χ1n) is 7.14. The first-order chi connectivity index (χ1) is 9.25. The maximum Gasteiger partial charge on any atom is 0.255 e. The molecule has 1 fully saturated rings. The van der Waals surface area contributed by atoms with Crippen LogP contribution in [-0.4, -0.2) is 23.6 Å². The van der Waals surface area contributed by atoms with E-state index in [9.17, 15) is 4.79 Å². The number of aromatic nitrogens is 2. The molecular formula is C14H21N3O2. The molecule has 1 aromatic heterocycles. The number of ether oxygens (including phenoxy) is 1. The van der Waals surface area contributed by atoms with Crippen molar-refractivity contribution in [3.8, 4) is 0 Å². The molecule has 0 atom stereocenters. The molecule has 2 heterocycles. The summed E-state index contributed by atoms with van der Waals surface area (Å²) in [4.78, 5) is 19.9. The van der Waals surface area contributed by atoms with E-state index in [0.717, 1.165) is 55.7 Å². The standard InChI is InChI=1S/C14H21N3O2/c1-19-14(6-3-2-4-7-14)13-16-11-5-8-15-9-10(11)12(18)17-13/h15H,2-9H2,1H3,(H,16,17,18). The van der Waals surface area contributed by atoms with Crippen molar-refractivity contribution in [2.24, 2.45) is 0 Å². The summed E-state index contributed by atoms with van der Waals surface area (Å²) in [6.07, 6.45) is 6.23. The maximum atomic E-state index is 12.2. The molecule has 5 heteroatoms. The minimum absolute atomic E-state index is 0.00537. The van der Waals surface area contributed by atoms with Crippen LogP contribution in [0.3, 0.4) is 0 Å². The van der Waals surface area contributed by atoms with Gasteiger partial charge in [-0.15, -0.1) is 0 Å². The maximum absolute atomic E-state index is 12.2. The lowest BCUT2D eigenvalue weighted by Gasteiger charge is -2.35. The molecule has 1 saturated carbocycles. The predicted octanol–water partition coefficient (Wildman–Crippen LogP) is 1.22. The van der Waals surface area contributed by atoms with Gasteiger partial charge in [-0.05, 0) is 12.8 Å². The average Bonchev–Trinajstić information content (AvgIpc) is 2.48. The Hall–Kier alpha value is -1.20. The third kappa shape index (κ3) is 2.21. The second kappa shape index (κ2) is 5.06. The number of fused-ring (bicyclic) bond motifs is 1. The highest BCUT2D eigenvalue weighted by molar-refractivity contribution is 5.22. The molecule has 0 unspecified atom stereocenters. The fraction of sp³-hybridized carbons (Fsp3) is 0.714. The van der Waals surface area contributed by atoms with E-state index in [-0.39, 0.29) is 11.2 Å². The van der Waals surface area contributed by atoms with Crippen LogP contribution in [-0.2, 0) is 23.3 Å². The van der Waals surface area contributed by atoms with E-state index in [1.807, 2.05) is 0 Å². The zero-order chi connectivity index (χ0) is 13.3. The number of nitrogens with one attached hydrogen (secondary N) is 2. The highest BCUT2D eigenvalue weighted by atomic mass is 16.5. The lowest BCUT2D eigenvalue weighted by Crippen LogP contribution is -2.39. The normalized spacial score (nSPS) is 21.9. The summed E-state index contributed by atoms with van der Waals surface area (Å²) in [5.74, 6) is 0.736. The number of methoxy groups -OCH3 is 1. The smallest absolute Gasteiger partial charge is 0.255 e. The van der Waals surface area contributed by atoms with Gasteiger partial charge in [-0.2, -0.15) is 0 Å². The summed E-state index contributed by atoms with van der Waals surface area (Å²) in [5, 5.41) is 3.21. The molecule has 0 amide bonds. The van der Waals surface area contributed by atoms with Crippen LogP contribution in [0.2, 0.25) is 0 Å². The van der Waals surface area contributed by atoms with E-state index in [4.69, 9.17) is 9.72 Å². The van der Waals surface area contributed by atoms with Gasteiger partial charge < -0.3 is 15.0 Å². The van der Waals surface area contributed by atoms with Crippen molar-refractivity contribution in [1.29, 1.82) is 0 Å². The van der Waals surface area contributed by atoms with Crippen LogP contribution >= 0.6 is 0 Å². The Balaban J connectivity index is 2.04. The predicted molar refractivity (Wildman–Crippen MR) is 72.0 cm³/mol. The average molecular weight is 263 g/mol. The van der Waals surface area contributed by atoms with Gasteiger partial charge in [0, 0.05) is 26.6 Å². The first-order valence-corrected chi connectivity index (χ1v) is 7.14. The lowest BCUT2D eigenvalue weighted by atomic mass is 9.83. The number of H-pyrrole nitrogens is 1. The summed E-state index contributed by atoms with van der Waals surface area (Å²) >= 11 is 0. The van der Waals surface area contributed by atoms with Gasteiger partial charge in [-0.3, -0.25) is 4.79 Å². The number of hydrogen-bond donors (Lipinski definition) is 2. The van der Waals surface area contributed by atoms with Crippen LogP contribution in [0, 0.1) is 0 Å². The van der Waals surface area contributed by atoms with Gasteiger partial charge in [0.05, 0.1) is 11.3 Å². The van der Waals surface area contributed by atoms with Crippen molar-refractivity contribution in [1.82, 2.24) is 15.3 Å². The van der Waals surface area contributed by atoms with Gasteiger partial charge in [0.2, 0.25) is 0 Å². The molecule has 5 nitrogen and oxygen atoms in total. The number of rotatable bonds is 2. The summed E-state index contributed by atoms with van der Waals surface area (Å²) in [6.45, 7) is 1.51. The van der Waals surface area contributed by atoms with Crippen molar-refractivity contribution in [2.45, 2.75) is 50.7 Å². The third-order valence-electron chi connectivity index (χ3n) is 4.43. The fourth-order valence-electron chi connectivity index (χ4n) is 3.23. The van der Waals surface area contributed by atoms with E-state index in [1.54, 1.807) is 7.11 Å². The molecule has 1 aliphatic heterocycles. The molecule has 0 spiro atoms. The Kier molecular flexibility index (Phi) is 3.41. The van der Waals surface area contributed by atoms with E-state index < -0.39 is 0 Å². The van der Waals surface area contributed by atoms with Crippen LogP contribution in [0.4, 0.5) is 0 Å². The molecule has 19 heavy (non-hydrogen) atoms. The zero-order valence-corrected chi connectivity index (χ0v) is 11.4. The van der Waals surface area contributed by atoms with Crippen molar-refractivity contribution >= 4 is 0 Å². The SMILES string of the molecule is COC1(c2nc3c(c(=O)[nH]2)CNCC3)CCCCC1. The molecule has 0 aromatic carbocycles.